The van der Waals surface area contributed by atoms with Gasteiger partial charge in [0.25, 0.3) is 5.91 Å². The van der Waals surface area contributed by atoms with Crippen molar-refractivity contribution in [1.82, 2.24) is 4.90 Å². The summed E-state index contributed by atoms with van der Waals surface area (Å²) >= 11 is 0. The van der Waals surface area contributed by atoms with E-state index >= 15 is 0 Å². The highest BCUT2D eigenvalue weighted by Gasteiger charge is 2.36. The molecule has 1 aromatic carbocycles. The molecule has 0 unspecified atom stereocenters. The third kappa shape index (κ3) is 3.70. The van der Waals surface area contributed by atoms with Gasteiger partial charge < -0.3 is 15.3 Å². The van der Waals surface area contributed by atoms with E-state index in [2.05, 4.69) is 5.32 Å². The summed E-state index contributed by atoms with van der Waals surface area (Å²) in [6, 6.07) is 4.82. The highest BCUT2D eigenvalue weighted by atomic mass is 16.4. The summed E-state index contributed by atoms with van der Waals surface area (Å²) in [7, 11) is 0. The number of likely N-dealkylation sites (tertiary alicyclic amines) is 1. The second kappa shape index (κ2) is 6.81. The molecule has 23 heavy (non-hydrogen) atoms. The van der Waals surface area contributed by atoms with Gasteiger partial charge in [-0.1, -0.05) is 6.07 Å². The summed E-state index contributed by atoms with van der Waals surface area (Å²) < 4.78 is 0. The van der Waals surface area contributed by atoms with Crippen LogP contribution in [0.4, 0.5) is 5.69 Å². The number of carboxylic acids is 1. The number of aryl methyl sites for hydroxylation is 1. The van der Waals surface area contributed by atoms with Crippen molar-refractivity contribution in [2.75, 3.05) is 11.9 Å². The molecule has 0 saturated carbocycles. The molecule has 1 aromatic rings. The molecule has 2 amide bonds. The number of carbonyl (C=O) groups is 3. The van der Waals surface area contributed by atoms with Crippen molar-refractivity contribution in [2.45, 2.75) is 39.7 Å². The molecule has 124 valence electrons. The molecule has 6 heteroatoms. The molecule has 1 heterocycles. The molecule has 0 aromatic heterocycles. The lowest BCUT2D eigenvalue weighted by Crippen LogP contribution is -2.49. The molecular weight excluding hydrogens is 296 g/mol. The fraction of sp³-hybridized carbons (Fsp3) is 0.471. The van der Waals surface area contributed by atoms with Gasteiger partial charge in [-0.15, -0.1) is 0 Å². The Labute approximate surface area is 135 Å². The SMILES string of the molecule is CC(=O)Nc1ccc(C)c(C(=O)N2CCC[C@@H](C(=O)O)[C@H]2C)c1. The minimum absolute atomic E-state index is 0.187. The van der Waals surface area contributed by atoms with Gasteiger partial charge in [0.05, 0.1) is 5.92 Å². The molecule has 1 aliphatic heterocycles. The topological polar surface area (TPSA) is 86.7 Å². The van der Waals surface area contributed by atoms with Crippen molar-refractivity contribution in [3.8, 4) is 0 Å². The van der Waals surface area contributed by atoms with E-state index in [1.807, 2.05) is 6.92 Å². The van der Waals surface area contributed by atoms with E-state index in [-0.39, 0.29) is 17.9 Å². The Morgan fingerprint density at radius 3 is 2.61 bits per heavy atom. The van der Waals surface area contributed by atoms with Crippen LogP contribution in [0.25, 0.3) is 0 Å². The zero-order valence-corrected chi connectivity index (χ0v) is 13.6. The average Bonchev–Trinajstić information content (AvgIpc) is 2.48. The van der Waals surface area contributed by atoms with E-state index in [4.69, 9.17) is 0 Å². The molecule has 2 N–H and O–H groups in total. The largest absolute Gasteiger partial charge is 0.481 e. The number of carboxylic acid groups (broad SMARTS) is 1. The molecule has 0 bridgehead atoms. The smallest absolute Gasteiger partial charge is 0.308 e. The zero-order valence-electron chi connectivity index (χ0n) is 13.6. The number of benzene rings is 1. The number of hydrogen-bond acceptors (Lipinski definition) is 3. The van der Waals surface area contributed by atoms with Gasteiger partial charge in [-0.25, -0.2) is 0 Å². The van der Waals surface area contributed by atoms with E-state index < -0.39 is 11.9 Å². The van der Waals surface area contributed by atoms with E-state index in [0.717, 1.165) is 5.56 Å². The molecule has 1 saturated heterocycles. The van der Waals surface area contributed by atoms with Crippen LogP contribution in [0.1, 0.15) is 42.6 Å². The van der Waals surface area contributed by atoms with Gasteiger partial charge in [0.2, 0.25) is 5.91 Å². The van der Waals surface area contributed by atoms with E-state index in [1.54, 1.807) is 30.0 Å². The second-order valence-electron chi connectivity index (χ2n) is 6.04. The van der Waals surface area contributed by atoms with Crippen molar-refractivity contribution in [2.24, 2.45) is 5.92 Å². The number of rotatable bonds is 3. The van der Waals surface area contributed by atoms with Crippen molar-refractivity contribution >= 4 is 23.5 Å². The Morgan fingerprint density at radius 2 is 2.00 bits per heavy atom. The lowest BCUT2D eigenvalue weighted by Gasteiger charge is -2.37. The summed E-state index contributed by atoms with van der Waals surface area (Å²) in [5.74, 6) is -1.79. The van der Waals surface area contributed by atoms with E-state index in [9.17, 15) is 19.5 Å². The molecule has 2 atom stereocenters. The van der Waals surface area contributed by atoms with Gasteiger partial charge >= 0.3 is 5.97 Å². The van der Waals surface area contributed by atoms with Gasteiger partial charge in [-0.3, -0.25) is 14.4 Å². The fourth-order valence-electron chi connectivity index (χ4n) is 3.05. The van der Waals surface area contributed by atoms with Crippen LogP contribution in [0.5, 0.6) is 0 Å². The van der Waals surface area contributed by atoms with Crippen LogP contribution in [0.3, 0.4) is 0 Å². The van der Waals surface area contributed by atoms with Gasteiger partial charge in [-0.2, -0.15) is 0 Å². The molecule has 6 nitrogen and oxygen atoms in total. The first kappa shape index (κ1) is 17.0. The summed E-state index contributed by atoms with van der Waals surface area (Å²) in [5.41, 5.74) is 1.86. The third-order valence-electron chi connectivity index (χ3n) is 4.35. The molecule has 0 radical (unpaired) electrons. The van der Waals surface area contributed by atoms with Crippen LogP contribution < -0.4 is 5.32 Å². The quantitative estimate of drug-likeness (QED) is 0.895. The number of piperidine rings is 1. The maximum atomic E-state index is 12.9. The lowest BCUT2D eigenvalue weighted by molar-refractivity contribution is -0.145. The first-order valence-electron chi connectivity index (χ1n) is 7.73. The predicted octanol–water partition coefficient (Wildman–Crippen LogP) is 2.28. The van der Waals surface area contributed by atoms with Crippen molar-refractivity contribution in [1.29, 1.82) is 0 Å². The summed E-state index contributed by atoms with van der Waals surface area (Å²) in [6.45, 7) is 5.57. The monoisotopic (exact) mass is 318 g/mol. The average molecular weight is 318 g/mol. The van der Waals surface area contributed by atoms with Crippen molar-refractivity contribution in [3.63, 3.8) is 0 Å². The van der Waals surface area contributed by atoms with Gasteiger partial charge in [0.1, 0.15) is 0 Å². The highest BCUT2D eigenvalue weighted by molar-refractivity contribution is 5.98. The minimum Gasteiger partial charge on any atom is -0.481 e. The lowest BCUT2D eigenvalue weighted by atomic mass is 9.89. The number of hydrogen-bond donors (Lipinski definition) is 2. The molecule has 0 aliphatic carbocycles. The van der Waals surface area contributed by atoms with Crippen LogP contribution >= 0.6 is 0 Å². The Balaban J connectivity index is 2.28. The number of anilines is 1. The number of amides is 2. The normalized spacial score (nSPS) is 20.9. The number of nitrogens with zero attached hydrogens (tertiary/aromatic N) is 1. The van der Waals surface area contributed by atoms with Gasteiger partial charge in [-0.05, 0) is 44.4 Å². The van der Waals surface area contributed by atoms with Crippen molar-refractivity contribution < 1.29 is 19.5 Å². The van der Waals surface area contributed by atoms with Crippen LogP contribution in [0.15, 0.2) is 18.2 Å². The van der Waals surface area contributed by atoms with Crippen LogP contribution in [0.2, 0.25) is 0 Å². The maximum absolute atomic E-state index is 12.9. The molecular formula is C17H22N2O4. The summed E-state index contributed by atoms with van der Waals surface area (Å²) in [6.07, 6.45) is 1.27. The molecule has 1 fully saturated rings. The van der Waals surface area contributed by atoms with Crippen molar-refractivity contribution in [3.05, 3.63) is 29.3 Å². The number of aliphatic carboxylic acids is 1. The molecule has 1 aliphatic rings. The Kier molecular flexibility index (Phi) is 5.03. The first-order valence-corrected chi connectivity index (χ1v) is 7.73. The molecule has 2 rings (SSSR count). The van der Waals surface area contributed by atoms with Gasteiger partial charge in [0, 0.05) is 30.8 Å². The first-order chi connectivity index (χ1) is 10.8. The fourth-order valence-corrected chi connectivity index (χ4v) is 3.05. The maximum Gasteiger partial charge on any atom is 0.308 e. The Morgan fingerprint density at radius 1 is 1.30 bits per heavy atom. The van der Waals surface area contributed by atoms with Crippen LogP contribution in [-0.2, 0) is 9.59 Å². The Hall–Kier alpha value is -2.37. The number of nitrogens with one attached hydrogen (secondary N) is 1. The predicted molar refractivity (Wildman–Crippen MR) is 86.3 cm³/mol. The minimum atomic E-state index is -0.862. The second-order valence-corrected chi connectivity index (χ2v) is 6.04. The number of carbonyl (C=O) groups excluding carboxylic acids is 2. The summed E-state index contributed by atoms with van der Waals surface area (Å²) in [5, 5.41) is 12.0. The highest BCUT2D eigenvalue weighted by Crippen LogP contribution is 2.27. The molecule has 0 spiro atoms. The van der Waals surface area contributed by atoms with Crippen LogP contribution in [0, 0.1) is 12.8 Å². The standard InChI is InChI=1S/C17H22N2O4/c1-10-6-7-13(18-12(3)20)9-15(10)16(21)19-8-4-5-14(11(19)2)17(22)23/h6-7,9,11,14H,4-5,8H2,1-3H3,(H,18,20)(H,22,23)/t11-,14-/m1/s1. The van der Waals surface area contributed by atoms with Gasteiger partial charge in [0.15, 0.2) is 0 Å². The zero-order chi connectivity index (χ0) is 17.1. The van der Waals surface area contributed by atoms with E-state index in [0.29, 0.717) is 30.6 Å². The third-order valence-corrected chi connectivity index (χ3v) is 4.35. The van der Waals surface area contributed by atoms with E-state index in [1.165, 1.54) is 6.92 Å². The van der Waals surface area contributed by atoms with Crippen LogP contribution in [-0.4, -0.2) is 40.4 Å². The summed E-state index contributed by atoms with van der Waals surface area (Å²) in [4.78, 5) is 37.0. The Bertz CT molecular complexity index is 641.